The second kappa shape index (κ2) is 3.69. The summed E-state index contributed by atoms with van der Waals surface area (Å²) in [5.74, 6) is 1.63. The number of methoxy groups -OCH3 is 1. The molecule has 2 heteroatoms. The molecule has 80 valence electrons. The average molecular weight is 204 g/mol. The number of benzene rings is 1. The number of rotatable bonds is 1. The standard InChI is InChI=1S/C13H16O2/c1-8-7-11-10(13(14)9(8)2)5-4-6-12(11)15-3/h4-6,8-9H,7H2,1-3H3. The van der Waals surface area contributed by atoms with Gasteiger partial charge >= 0.3 is 0 Å². The summed E-state index contributed by atoms with van der Waals surface area (Å²) in [5, 5.41) is 0. The summed E-state index contributed by atoms with van der Waals surface area (Å²) >= 11 is 0. The quantitative estimate of drug-likeness (QED) is 0.703. The first-order valence-electron chi connectivity index (χ1n) is 5.35. The van der Waals surface area contributed by atoms with Crippen molar-refractivity contribution in [3.63, 3.8) is 0 Å². The Bertz CT molecular complexity index is 396. The zero-order chi connectivity index (χ0) is 11.0. The Kier molecular flexibility index (Phi) is 2.51. The smallest absolute Gasteiger partial charge is 0.166 e. The molecule has 0 aliphatic heterocycles. The molecule has 2 rings (SSSR count). The van der Waals surface area contributed by atoms with Crippen molar-refractivity contribution in [1.82, 2.24) is 0 Å². The maximum atomic E-state index is 12.0. The van der Waals surface area contributed by atoms with Gasteiger partial charge in [0.15, 0.2) is 5.78 Å². The second-order valence-electron chi connectivity index (χ2n) is 4.32. The van der Waals surface area contributed by atoms with Gasteiger partial charge in [-0.05, 0) is 18.4 Å². The van der Waals surface area contributed by atoms with E-state index in [4.69, 9.17) is 4.74 Å². The number of Topliss-reactive ketones (excluding diaryl/α,β-unsaturated/α-hetero) is 1. The van der Waals surface area contributed by atoms with E-state index < -0.39 is 0 Å². The molecule has 0 bridgehead atoms. The first kappa shape index (κ1) is 10.2. The molecule has 15 heavy (non-hydrogen) atoms. The Morgan fingerprint density at radius 1 is 1.33 bits per heavy atom. The third-order valence-electron chi connectivity index (χ3n) is 3.41. The van der Waals surface area contributed by atoms with E-state index in [9.17, 15) is 4.79 Å². The molecule has 2 unspecified atom stereocenters. The third kappa shape index (κ3) is 1.54. The van der Waals surface area contributed by atoms with Crippen molar-refractivity contribution in [3.8, 4) is 5.75 Å². The van der Waals surface area contributed by atoms with Gasteiger partial charge in [-0.3, -0.25) is 4.79 Å². The van der Waals surface area contributed by atoms with Crippen LogP contribution in [0.25, 0.3) is 0 Å². The second-order valence-corrected chi connectivity index (χ2v) is 4.32. The minimum absolute atomic E-state index is 0.129. The molecule has 0 heterocycles. The molecule has 0 N–H and O–H groups in total. The molecule has 1 aliphatic rings. The van der Waals surface area contributed by atoms with Crippen LogP contribution in [0, 0.1) is 11.8 Å². The lowest BCUT2D eigenvalue weighted by Gasteiger charge is -2.27. The fourth-order valence-electron chi connectivity index (χ4n) is 2.20. The van der Waals surface area contributed by atoms with Crippen LogP contribution in [0.4, 0.5) is 0 Å². The van der Waals surface area contributed by atoms with Crippen LogP contribution < -0.4 is 4.74 Å². The number of ether oxygens (including phenoxy) is 1. The van der Waals surface area contributed by atoms with Gasteiger partial charge in [0.05, 0.1) is 7.11 Å². The van der Waals surface area contributed by atoms with Crippen LogP contribution in [0.3, 0.4) is 0 Å². The number of ketones is 1. The minimum Gasteiger partial charge on any atom is -0.496 e. The van der Waals surface area contributed by atoms with Crippen molar-refractivity contribution in [2.75, 3.05) is 7.11 Å². The summed E-state index contributed by atoms with van der Waals surface area (Å²) in [6.45, 7) is 4.13. The highest BCUT2D eigenvalue weighted by atomic mass is 16.5. The normalized spacial score (nSPS) is 24.9. The zero-order valence-electron chi connectivity index (χ0n) is 9.41. The highest BCUT2D eigenvalue weighted by Crippen LogP contribution is 2.34. The monoisotopic (exact) mass is 204 g/mol. The third-order valence-corrected chi connectivity index (χ3v) is 3.41. The van der Waals surface area contributed by atoms with Crippen molar-refractivity contribution in [2.45, 2.75) is 20.3 Å². The predicted molar refractivity (Wildman–Crippen MR) is 59.4 cm³/mol. The van der Waals surface area contributed by atoms with E-state index in [1.165, 1.54) is 0 Å². The van der Waals surface area contributed by atoms with E-state index >= 15 is 0 Å². The molecule has 2 atom stereocenters. The van der Waals surface area contributed by atoms with E-state index in [0.717, 1.165) is 23.3 Å². The van der Waals surface area contributed by atoms with Gasteiger partial charge < -0.3 is 4.74 Å². The average Bonchev–Trinajstić information content (AvgIpc) is 2.25. The first-order chi connectivity index (χ1) is 7.15. The summed E-state index contributed by atoms with van der Waals surface area (Å²) < 4.78 is 5.29. The van der Waals surface area contributed by atoms with Gasteiger partial charge in [0.1, 0.15) is 5.75 Å². The van der Waals surface area contributed by atoms with Crippen LogP contribution >= 0.6 is 0 Å². The molecule has 0 spiro atoms. The lowest BCUT2D eigenvalue weighted by atomic mass is 9.76. The first-order valence-corrected chi connectivity index (χ1v) is 5.35. The molecule has 0 fully saturated rings. The van der Waals surface area contributed by atoms with E-state index in [1.807, 2.05) is 25.1 Å². The van der Waals surface area contributed by atoms with Crippen LogP contribution in [0.5, 0.6) is 5.75 Å². The van der Waals surface area contributed by atoms with Gasteiger partial charge in [-0.1, -0.05) is 26.0 Å². The Balaban J connectivity index is 2.54. The molecule has 0 saturated carbocycles. The van der Waals surface area contributed by atoms with Crippen molar-refractivity contribution in [2.24, 2.45) is 11.8 Å². The summed E-state index contributed by atoms with van der Waals surface area (Å²) in [5.41, 5.74) is 1.93. The fraction of sp³-hybridized carbons (Fsp3) is 0.462. The molecule has 1 aromatic rings. The van der Waals surface area contributed by atoms with Crippen LogP contribution in [0.2, 0.25) is 0 Å². The highest BCUT2D eigenvalue weighted by molar-refractivity contribution is 6.00. The fourth-order valence-corrected chi connectivity index (χ4v) is 2.20. The molecular weight excluding hydrogens is 188 g/mol. The molecular formula is C13H16O2. The van der Waals surface area contributed by atoms with Gasteiger partial charge in [0, 0.05) is 17.0 Å². The maximum Gasteiger partial charge on any atom is 0.166 e. The Hall–Kier alpha value is -1.31. The number of hydrogen-bond donors (Lipinski definition) is 0. The molecule has 0 aromatic heterocycles. The number of hydrogen-bond acceptors (Lipinski definition) is 2. The Morgan fingerprint density at radius 3 is 2.73 bits per heavy atom. The van der Waals surface area contributed by atoms with Crippen LogP contribution in [-0.2, 0) is 6.42 Å². The summed E-state index contributed by atoms with van der Waals surface area (Å²) in [4.78, 5) is 12.0. The summed E-state index contributed by atoms with van der Waals surface area (Å²) in [7, 11) is 1.66. The molecule has 0 saturated heterocycles. The SMILES string of the molecule is COc1cccc2c1CC(C)C(C)C2=O. The Labute approximate surface area is 90.3 Å². The van der Waals surface area contributed by atoms with Crippen molar-refractivity contribution in [3.05, 3.63) is 29.3 Å². The van der Waals surface area contributed by atoms with Gasteiger partial charge in [-0.25, -0.2) is 0 Å². The van der Waals surface area contributed by atoms with Crippen molar-refractivity contribution < 1.29 is 9.53 Å². The van der Waals surface area contributed by atoms with Gasteiger partial charge in [0.25, 0.3) is 0 Å². The lowest BCUT2D eigenvalue weighted by Crippen LogP contribution is -2.27. The predicted octanol–water partition coefficient (Wildman–Crippen LogP) is 2.71. The molecule has 1 aromatic carbocycles. The lowest BCUT2D eigenvalue weighted by molar-refractivity contribution is 0.0875. The molecule has 2 nitrogen and oxygen atoms in total. The van der Waals surface area contributed by atoms with Crippen molar-refractivity contribution in [1.29, 1.82) is 0 Å². The topological polar surface area (TPSA) is 26.3 Å². The van der Waals surface area contributed by atoms with Crippen LogP contribution in [-0.4, -0.2) is 12.9 Å². The number of fused-ring (bicyclic) bond motifs is 1. The summed E-state index contributed by atoms with van der Waals surface area (Å²) in [6.07, 6.45) is 0.937. The van der Waals surface area contributed by atoms with Gasteiger partial charge in [0.2, 0.25) is 0 Å². The van der Waals surface area contributed by atoms with E-state index in [-0.39, 0.29) is 11.7 Å². The summed E-state index contributed by atoms with van der Waals surface area (Å²) in [6, 6.07) is 5.72. The molecule has 1 aliphatic carbocycles. The van der Waals surface area contributed by atoms with Gasteiger partial charge in [-0.15, -0.1) is 0 Å². The number of carbonyl (C=O) groups is 1. The van der Waals surface area contributed by atoms with E-state index in [0.29, 0.717) is 5.92 Å². The van der Waals surface area contributed by atoms with E-state index in [1.54, 1.807) is 7.11 Å². The number of carbonyl (C=O) groups excluding carboxylic acids is 1. The van der Waals surface area contributed by atoms with Crippen molar-refractivity contribution >= 4 is 5.78 Å². The highest BCUT2D eigenvalue weighted by Gasteiger charge is 2.31. The Morgan fingerprint density at radius 2 is 2.07 bits per heavy atom. The molecule has 0 radical (unpaired) electrons. The van der Waals surface area contributed by atoms with E-state index in [2.05, 4.69) is 6.92 Å². The largest absolute Gasteiger partial charge is 0.496 e. The molecule has 0 amide bonds. The zero-order valence-corrected chi connectivity index (χ0v) is 9.41. The maximum absolute atomic E-state index is 12.0. The van der Waals surface area contributed by atoms with Crippen LogP contribution in [0.1, 0.15) is 29.8 Å². The van der Waals surface area contributed by atoms with Gasteiger partial charge in [-0.2, -0.15) is 0 Å². The minimum atomic E-state index is 0.129. The van der Waals surface area contributed by atoms with Crippen LogP contribution in [0.15, 0.2) is 18.2 Å².